The van der Waals surface area contributed by atoms with E-state index in [1.807, 2.05) is 4.90 Å². The third-order valence-electron chi connectivity index (χ3n) is 4.20. The summed E-state index contributed by atoms with van der Waals surface area (Å²) in [5.41, 5.74) is 0. The van der Waals surface area contributed by atoms with Gasteiger partial charge in [0.2, 0.25) is 21.9 Å². The Kier molecular flexibility index (Phi) is 6.25. The number of nitrogens with one attached hydrogen (secondary N) is 1. The van der Waals surface area contributed by atoms with Crippen molar-refractivity contribution in [2.24, 2.45) is 0 Å². The number of carbonyl (C=O) groups is 1. The zero-order valence-electron chi connectivity index (χ0n) is 14.6. The molecule has 1 aliphatic rings. The lowest BCUT2D eigenvalue weighted by Gasteiger charge is -2.34. The Balaban J connectivity index is 1.46. The Hall–Kier alpha value is -2.23. The average molecular weight is 410 g/mol. The molecule has 3 rings (SSSR count). The summed E-state index contributed by atoms with van der Waals surface area (Å²) in [6.45, 7) is 2.43. The van der Waals surface area contributed by atoms with E-state index in [1.165, 1.54) is 12.1 Å². The highest BCUT2D eigenvalue weighted by molar-refractivity contribution is 7.89. The summed E-state index contributed by atoms with van der Waals surface area (Å²) >= 11 is 5.83. The maximum Gasteiger partial charge on any atom is 0.240 e. The lowest BCUT2D eigenvalue weighted by Crippen LogP contribution is -2.49. The highest BCUT2D eigenvalue weighted by Gasteiger charge is 2.22. The second-order valence-electron chi connectivity index (χ2n) is 6.02. The molecule has 2 aromatic rings. The van der Waals surface area contributed by atoms with Crippen LogP contribution in [0.3, 0.4) is 0 Å². The number of nitrogens with zero attached hydrogens (tertiary/aromatic N) is 4. The first-order chi connectivity index (χ1) is 13.0. The predicted molar refractivity (Wildman–Crippen MR) is 102 cm³/mol. The molecule has 1 saturated heterocycles. The number of carbonyl (C=O) groups excluding carboxylic acids is 1. The molecule has 1 fully saturated rings. The van der Waals surface area contributed by atoms with Crippen LogP contribution in [0.2, 0.25) is 5.02 Å². The van der Waals surface area contributed by atoms with E-state index < -0.39 is 10.0 Å². The third-order valence-corrected chi connectivity index (χ3v) is 5.90. The fourth-order valence-electron chi connectivity index (χ4n) is 2.78. The number of aromatic nitrogens is 2. The highest BCUT2D eigenvalue weighted by Crippen LogP contribution is 2.15. The van der Waals surface area contributed by atoms with Gasteiger partial charge in [0.05, 0.1) is 4.90 Å². The van der Waals surface area contributed by atoms with E-state index in [0.717, 1.165) is 0 Å². The van der Waals surface area contributed by atoms with Crippen molar-refractivity contribution in [3.05, 3.63) is 47.7 Å². The summed E-state index contributed by atoms with van der Waals surface area (Å²) in [4.78, 5) is 24.6. The van der Waals surface area contributed by atoms with Crippen LogP contribution in [0.15, 0.2) is 47.6 Å². The molecule has 0 bridgehead atoms. The van der Waals surface area contributed by atoms with Gasteiger partial charge in [0.25, 0.3) is 0 Å². The molecule has 1 N–H and O–H groups in total. The molecule has 1 amide bonds. The van der Waals surface area contributed by atoms with Crippen LogP contribution in [0.25, 0.3) is 0 Å². The Morgan fingerprint density at radius 1 is 1.11 bits per heavy atom. The van der Waals surface area contributed by atoms with Gasteiger partial charge in [-0.1, -0.05) is 17.7 Å². The third kappa shape index (κ3) is 5.15. The normalized spacial score (nSPS) is 15.0. The summed E-state index contributed by atoms with van der Waals surface area (Å²) in [6, 6.07) is 7.76. The van der Waals surface area contributed by atoms with Crippen molar-refractivity contribution in [3.8, 4) is 0 Å². The quantitative estimate of drug-likeness (QED) is 0.768. The molecule has 0 spiro atoms. The zero-order chi connectivity index (χ0) is 19.3. The van der Waals surface area contributed by atoms with Crippen LogP contribution in [-0.4, -0.2) is 61.9 Å². The molecule has 10 heteroatoms. The fourth-order valence-corrected chi connectivity index (χ4v) is 4.11. The van der Waals surface area contributed by atoms with Gasteiger partial charge >= 0.3 is 0 Å². The number of anilines is 1. The van der Waals surface area contributed by atoms with Crippen LogP contribution >= 0.6 is 11.6 Å². The largest absolute Gasteiger partial charge is 0.339 e. The molecule has 0 unspecified atom stereocenters. The van der Waals surface area contributed by atoms with Gasteiger partial charge in [-0.3, -0.25) is 4.79 Å². The number of amides is 1. The monoisotopic (exact) mass is 409 g/mol. The molecular formula is C17H20ClN5O3S. The highest BCUT2D eigenvalue weighted by atomic mass is 35.5. The maximum absolute atomic E-state index is 12.3. The van der Waals surface area contributed by atoms with E-state index in [2.05, 4.69) is 14.7 Å². The van der Waals surface area contributed by atoms with Gasteiger partial charge in [-0.2, -0.15) is 0 Å². The topological polar surface area (TPSA) is 95.5 Å². The van der Waals surface area contributed by atoms with Crippen molar-refractivity contribution in [2.45, 2.75) is 11.3 Å². The number of benzene rings is 1. The van der Waals surface area contributed by atoms with E-state index in [0.29, 0.717) is 37.1 Å². The second kappa shape index (κ2) is 8.64. The summed E-state index contributed by atoms with van der Waals surface area (Å²) in [6.07, 6.45) is 3.47. The average Bonchev–Trinajstić information content (AvgIpc) is 2.68. The summed E-state index contributed by atoms with van der Waals surface area (Å²) in [5.74, 6) is 0.566. The van der Waals surface area contributed by atoms with E-state index in [4.69, 9.17) is 11.6 Å². The molecule has 8 nitrogen and oxygen atoms in total. The van der Waals surface area contributed by atoms with Crippen molar-refractivity contribution in [3.63, 3.8) is 0 Å². The van der Waals surface area contributed by atoms with E-state index in [1.54, 1.807) is 35.5 Å². The predicted octanol–water partition coefficient (Wildman–Crippen LogP) is 1.15. The van der Waals surface area contributed by atoms with Crippen LogP contribution in [-0.2, 0) is 14.8 Å². The molecular weight excluding hydrogens is 390 g/mol. The Labute approximate surface area is 163 Å². The molecule has 0 radical (unpaired) electrons. The van der Waals surface area contributed by atoms with Crippen LogP contribution in [0.1, 0.15) is 6.42 Å². The first-order valence-electron chi connectivity index (χ1n) is 8.51. The molecule has 0 atom stereocenters. The van der Waals surface area contributed by atoms with E-state index in [-0.39, 0.29) is 23.8 Å². The molecule has 1 aliphatic heterocycles. The molecule has 0 aliphatic carbocycles. The maximum atomic E-state index is 12.3. The van der Waals surface area contributed by atoms with Crippen molar-refractivity contribution in [1.82, 2.24) is 19.6 Å². The van der Waals surface area contributed by atoms with Crippen molar-refractivity contribution < 1.29 is 13.2 Å². The number of hydrogen-bond acceptors (Lipinski definition) is 6. The fraction of sp³-hybridized carbons (Fsp3) is 0.353. The lowest BCUT2D eigenvalue weighted by atomic mass is 10.3. The van der Waals surface area contributed by atoms with Crippen molar-refractivity contribution in [2.75, 3.05) is 37.6 Å². The van der Waals surface area contributed by atoms with Crippen LogP contribution in [0, 0.1) is 0 Å². The van der Waals surface area contributed by atoms with Crippen LogP contribution < -0.4 is 9.62 Å². The standard InChI is InChI=1S/C17H20ClN5O3S/c18-14-3-1-4-15(13-14)27(25,26)21-8-5-16(24)22-9-11-23(12-10-22)17-19-6-2-7-20-17/h1-4,6-7,13,21H,5,8-12H2. The Morgan fingerprint density at radius 3 is 2.48 bits per heavy atom. The Morgan fingerprint density at radius 2 is 1.81 bits per heavy atom. The molecule has 1 aromatic heterocycles. The van der Waals surface area contributed by atoms with Crippen LogP contribution in [0.4, 0.5) is 5.95 Å². The van der Waals surface area contributed by atoms with Crippen LogP contribution in [0.5, 0.6) is 0 Å². The Bertz CT molecular complexity index is 886. The van der Waals surface area contributed by atoms with Crippen molar-refractivity contribution >= 4 is 33.5 Å². The molecule has 0 saturated carbocycles. The minimum atomic E-state index is -3.68. The van der Waals surface area contributed by atoms with Gasteiger partial charge in [-0.15, -0.1) is 0 Å². The molecule has 27 heavy (non-hydrogen) atoms. The smallest absolute Gasteiger partial charge is 0.240 e. The molecule has 144 valence electrons. The SMILES string of the molecule is O=C(CCNS(=O)(=O)c1cccc(Cl)c1)N1CCN(c2ncccn2)CC1. The van der Waals surface area contributed by atoms with E-state index in [9.17, 15) is 13.2 Å². The minimum Gasteiger partial charge on any atom is -0.339 e. The molecule has 1 aromatic carbocycles. The number of halogens is 1. The van der Waals surface area contributed by atoms with Gasteiger partial charge in [-0.05, 0) is 24.3 Å². The first-order valence-corrected chi connectivity index (χ1v) is 10.4. The lowest BCUT2D eigenvalue weighted by molar-refractivity contribution is -0.131. The van der Waals surface area contributed by atoms with Gasteiger partial charge in [0.1, 0.15) is 0 Å². The van der Waals surface area contributed by atoms with Crippen molar-refractivity contribution in [1.29, 1.82) is 0 Å². The zero-order valence-corrected chi connectivity index (χ0v) is 16.2. The van der Waals surface area contributed by atoms with Gasteiger partial charge < -0.3 is 9.80 Å². The van der Waals surface area contributed by atoms with Gasteiger partial charge in [-0.25, -0.2) is 23.1 Å². The summed E-state index contributed by atoms with van der Waals surface area (Å²) in [5, 5.41) is 0.342. The summed E-state index contributed by atoms with van der Waals surface area (Å²) in [7, 11) is -3.68. The number of sulfonamides is 1. The number of rotatable bonds is 6. The summed E-state index contributed by atoms with van der Waals surface area (Å²) < 4.78 is 26.9. The molecule has 2 heterocycles. The second-order valence-corrected chi connectivity index (χ2v) is 8.23. The first kappa shape index (κ1) is 19.5. The van der Waals surface area contributed by atoms with Gasteiger partial charge in [0.15, 0.2) is 0 Å². The number of piperazine rings is 1. The van der Waals surface area contributed by atoms with Gasteiger partial charge in [0, 0.05) is 56.6 Å². The minimum absolute atomic E-state index is 0.0374. The number of hydrogen-bond donors (Lipinski definition) is 1. The van der Waals surface area contributed by atoms with E-state index >= 15 is 0 Å².